The highest BCUT2D eigenvalue weighted by molar-refractivity contribution is 5.79. The highest BCUT2D eigenvalue weighted by atomic mass is 16.6. The molecule has 0 aliphatic heterocycles. The van der Waals surface area contributed by atoms with E-state index in [0.717, 1.165) is 186 Å². The molecular weight excluding hydrogens is 1440 g/mol. The van der Waals surface area contributed by atoms with E-state index < -0.39 is 0 Å². The number of unbranched alkanes of at least 4 members (excludes halogenated alkanes) is 1. The van der Waals surface area contributed by atoms with Gasteiger partial charge in [-0.05, 0) is 373 Å². The fourth-order valence-electron chi connectivity index (χ4n) is 16.4. The molecule has 7 aliphatic rings. The topological polar surface area (TPSA) is 184 Å². The Morgan fingerprint density at radius 1 is 0.243 bits per heavy atom. The molecule has 7 saturated carbocycles. The molecule has 0 aromatic heterocycles. The largest absolute Gasteiger partial charge is 0.459 e. The fourth-order valence-corrected chi connectivity index (χ4v) is 16.4. The van der Waals surface area contributed by atoms with Crippen molar-refractivity contribution in [2.45, 2.75) is 561 Å². The molecule has 0 atom stereocenters. The van der Waals surface area contributed by atoms with Gasteiger partial charge in [0.25, 0.3) is 0 Å². The molecule has 7 aliphatic carbocycles. The molecule has 14 heteroatoms. The van der Waals surface area contributed by atoms with Gasteiger partial charge in [0, 0.05) is 0 Å². The lowest BCUT2D eigenvalue weighted by molar-refractivity contribution is -0.181. The summed E-state index contributed by atoms with van der Waals surface area (Å²) in [7, 11) is 0. The van der Waals surface area contributed by atoms with Crippen LogP contribution in [0.1, 0.15) is 522 Å². The van der Waals surface area contributed by atoms with Crippen molar-refractivity contribution in [1.82, 2.24) is 0 Å². The number of hydrogen-bond donors (Lipinski definition) is 0. The molecule has 14 nitrogen and oxygen atoms in total. The Hall–Kier alpha value is -3.71. The van der Waals surface area contributed by atoms with Crippen LogP contribution in [0.3, 0.4) is 0 Å². The maximum absolute atomic E-state index is 12.3. The first kappa shape index (κ1) is 109. The molecule has 0 spiro atoms. The van der Waals surface area contributed by atoms with Crippen LogP contribution in [0.2, 0.25) is 0 Å². The summed E-state index contributed by atoms with van der Waals surface area (Å²) in [5.41, 5.74) is -3.42. The number of carbonyl (C=O) groups excluding carboxylic acids is 7. The molecule has 0 unspecified atom stereocenters. The third-order valence-corrected chi connectivity index (χ3v) is 29.0. The van der Waals surface area contributed by atoms with Crippen molar-refractivity contribution in [2.24, 2.45) is 43.8 Å². The zero-order valence-electron chi connectivity index (χ0n) is 81.1. The highest BCUT2D eigenvalue weighted by Crippen LogP contribution is 2.46. The van der Waals surface area contributed by atoms with E-state index in [1.165, 1.54) is 135 Å². The van der Waals surface area contributed by atoms with Gasteiger partial charge < -0.3 is 33.2 Å². The van der Waals surface area contributed by atoms with Crippen LogP contribution in [0, 0.1) is 43.8 Å². The first-order valence-corrected chi connectivity index (χ1v) is 48.2. The van der Waals surface area contributed by atoms with E-state index in [9.17, 15) is 33.6 Å². The van der Waals surface area contributed by atoms with E-state index in [-0.39, 0.29) is 119 Å². The van der Waals surface area contributed by atoms with E-state index >= 15 is 0 Å². The molecule has 0 aromatic carbocycles. The lowest BCUT2D eigenvalue weighted by Gasteiger charge is -2.42. The molecule has 0 amide bonds. The molecule has 7 fully saturated rings. The summed E-state index contributed by atoms with van der Waals surface area (Å²) in [6.07, 6.45) is 54.6. The number of esters is 7. The van der Waals surface area contributed by atoms with Gasteiger partial charge in [0.2, 0.25) is 0 Å². The summed E-state index contributed by atoms with van der Waals surface area (Å²) in [5.74, 6) is 0.331. The lowest BCUT2D eigenvalue weighted by atomic mass is 9.76. The number of ether oxygens (including phenoxy) is 7. The first-order valence-electron chi connectivity index (χ1n) is 48.2. The lowest BCUT2D eigenvalue weighted by Crippen LogP contribution is -2.45. The minimum atomic E-state index is -0.348. The van der Waals surface area contributed by atoms with Gasteiger partial charge in [0.15, 0.2) is 0 Å². The van der Waals surface area contributed by atoms with Crippen molar-refractivity contribution in [1.29, 1.82) is 0 Å². The molecule has 0 N–H and O–H groups in total. The highest BCUT2D eigenvalue weighted by Gasteiger charge is 2.47. The Kier molecular flexibility index (Phi) is 48.1. The zero-order valence-corrected chi connectivity index (χ0v) is 81.1. The van der Waals surface area contributed by atoms with Crippen molar-refractivity contribution in [3.8, 4) is 0 Å². The van der Waals surface area contributed by atoms with E-state index in [1.54, 1.807) is 0 Å². The SMILES string of the molecule is CCC(C)(C)C(=O)OC1(C(C)C)CCCCC1.CCC(C)(C)C(=O)OC1(C)CCCCC1.CCC1(OC(=O)C(C)(C)CC)CCCCC1.CCCC1(OC(=O)C(C)(C)CC)CCCC1.CCCC1(OC(=O)C(C)(C)CC)CCCCC1.CCCC1(OC(=O)C(C)(C)CC)CCCCC1.CCCCC1(OC(=O)C(C)(C)CC)CCCC1. The van der Waals surface area contributed by atoms with E-state index in [0.29, 0.717) is 5.92 Å². The molecule has 7 rings (SSSR count). The average molecular weight is 1630 g/mol. The second kappa shape index (κ2) is 50.6. The van der Waals surface area contributed by atoms with Crippen molar-refractivity contribution in [3.63, 3.8) is 0 Å². The first-order chi connectivity index (χ1) is 53.5. The van der Waals surface area contributed by atoms with Crippen LogP contribution in [0.4, 0.5) is 0 Å². The van der Waals surface area contributed by atoms with Crippen LogP contribution >= 0.6 is 0 Å². The van der Waals surface area contributed by atoms with Crippen LogP contribution in [0.5, 0.6) is 0 Å². The van der Waals surface area contributed by atoms with Gasteiger partial charge in [-0.3, -0.25) is 33.6 Å². The van der Waals surface area contributed by atoms with Crippen molar-refractivity contribution >= 4 is 41.8 Å². The third-order valence-electron chi connectivity index (χ3n) is 29.0. The second-order valence-corrected chi connectivity index (χ2v) is 41.9. The third kappa shape index (κ3) is 36.5. The molecule has 115 heavy (non-hydrogen) atoms. The van der Waals surface area contributed by atoms with Crippen LogP contribution in [-0.2, 0) is 66.7 Å². The Bertz CT molecular complexity index is 2660. The van der Waals surface area contributed by atoms with Crippen LogP contribution in [-0.4, -0.2) is 81.0 Å². The Morgan fingerprint density at radius 3 is 0.652 bits per heavy atom. The normalized spacial score (nSPS) is 20.1. The molecule has 0 aromatic rings. The predicted molar refractivity (Wildman–Crippen MR) is 478 cm³/mol. The summed E-state index contributed by atoms with van der Waals surface area (Å²) >= 11 is 0. The zero-order chi connectivity index (χ0) is 87.9. The Morgan fingerprint density at radius 2 is 0.435 bits per heavy atom. The quantitative estimate of drug-likeness (QED) is 0.0458. The number of rotatable bonds is 32. The molecule has 0 heterocycles. The molecule has 0 radical (unpaired) electrons. The fraction of sp³-hybridized carbons (Fsp3) is 0.931. The second-order valence-electron chi connectivity index (χ2n) is 41.9. The standard InChI is InChI=1S/4C15H28O2.2C14H26O2.C13H24O2/c1-6-14(4,5)13(16)17-15(12(2)3)10-8-7-9-11-15;2*1-5-10-15(11-8-7-9-12-15)17-13(16)14(3,4)6-2;1-5-7-10-15(11-8-9-12-15)17-13(16)14(3,4)6-2;1-5-13(3,4)12(15)16-14(6-2)10-8-7-9-11-14;1-5-9-14(10-7-8-11-14)16-12(15)13(3,4)6-2;1-5-12(2,3)11(14)15-13(4)9-7-6-8-10-13/h12H,6-11H2,1-5H3;3*5-12H2,1-4H3;2*5-11H2,1-4H3;5-10H2,1-4H3. The van der Waals surface area contributed by atoms with Crippen LogP contribution < -0.4 is 0 Å². The van der Waals surface area contributed by atoms with Gasteiger partial charge in [0.05, 0.1) is 37.9 Å². The summed E-state index contributed by atoms with van der Waals surface area (Å²) in [6, 6.07) is 0. The number of hydrogen-bond acceptors (Lipinski definition) is 14. The summed E-state index contributed by atoms with van der Waals surface area (Å²) in [6.45, 7) is 59.3. The van der Waals surface area contributed by atoms with Gasteiger partial charge in [-0.1, -0.05) is 155 Å². The maximum Gasteiger partial charge on any atom is 0.312 e. The predicted octanol–water partition coefficient (Wildman–Crippen LogP) is 29.6. The van der Waals surface area contributed by atoms with Gasteiger partial charge in [-0.25, -0.2) is 0 Å². The minimum Gasteiger partial charge on any atom is -0.459 e. The summed E-state index contributed by atoms with van der Waals surface area (Å²) < 4.78 is 41.1. The molecule has 676 valence electrons. The Labute approximate surface area is 709 Å². The molecular formula is C101H188O14. The van der Waals surface area contributed by atoms with E-state index in [1.807, 2.05) is 125 Å². The molecule has 0 bridgehead atoms. The minimum absolute atomic E-state index is 0.00185. The van der Waals surface area contributed by atoms with Gasteiger partial charge in [0.1, 0.15) is 39.2 Å². The van der Waals surface area contributed by atoms with Crippen LogP contribution in [0.25, 0.3) is 0 Å². The van der Waals surface area contributed by atoms with E-state index in [2.05, 4.69) is 76.2 Å². The Balaban J connectivity index is 0.000000671. The van der Waals surface area contributed by atoms with Gasteiger partial charge in [-0.15, -0.1) is 0 Å². The molecule has 0 saturated heterocycles. The van der Waals surface area contributed by atoms with Crippen LogP contribution in [0.15, 0.2) is 0 Å². The average Bonchev–Trinajstić information content (AvgIpc) is 1.79. The summed E-state index contributed by atoms with van der Waals surface area (Å²) in [4.78, 5) is 85.1. The summed E-state index contributed by atoms with van der Waals surface area (Å²) in [5, 5.41) is 0. The van der Waals surface area contributed by atoms with Gasteiger partial charge >= 0.3 is 41.8 Å². The monoisotopic (exact) mass is 1630 g/mol. The van der Waals surface area contributed by atoms with Gasteiger partial charge in [-0.2, -0.15) is 0 Å². The van der Waals surface area contributed by atoms with Crippen molar-refractivity contribution in [3.05, 3.63) is 0 Å². The smallest absolute Gasteiger partial charge is 0.312 e. The van der Waals surface area contributed by atoms with Crippen molar-refractivity contribution in [2.75, 3.05) is 0 Å². The number of carbonyl (C=O) groups is 7. The van der Waals surface area contributed by atoms with Crippen molar-refractivity contribution < 1.29 is 66.7 Å². The van der Waals surface area contributed by atoms with E-state index in [4.69, 9.17) is 33.2 Å². The maximum atomic E-state index is 12.3.